The Morgan fingerprint density at radius 3 is 1.80 bits per heavy atom. The number of rotatable bonds is 14. The number of benzene rings is 4. The van der Waals surface area contributed by atoms with Gasteiger partial charge in [0.1, 0.15) is 12.6 Å². The molecular weight excluding hydrogens is 582 g/mol. The van der Waals surface area contributed by atoms with Crippen LogP contribution >= 0.6 is 0 Å². The molecule has 0 aliphatic carbocycles. The van der Waals surface area contributed by atoms with Gasteiger partial charge in [0, 0.05) is 19.0 Å². The summed E-state index contributed by atoms with van der Waals surface area (Å²) in [6.07, 6.45) is 1.00. The summed E-state index contributed by atoms with van der Waals surface area (Å²) >= 11 is 0. The fourth-order valence-corrected chi connectivity index (χ4v) is 6.48. The van der Waals surface area contributed by atoms with Crippen molar-refractivity contribution in [3.05, 3.63) is 132 Å². The van der Waals surface area contributed by atoms with Gasteiger partial charge in [-0.25, -0.2) is 8.42 Å². The van der Waals surface area contributed by atoms with Gasteiger partial charge in [0.05, 0.1) is 10.6 Å². The van der Waals surface area contributed by atoms with E-state index in [1.807, 2.05) is 86.6 Å². The maximum absolute atomic E-state index is 14.5. The Labute approximate surface area is 268 Å². The first kappa shape index (κ1) is 33.5. The SMILES string of the molecule is CC[C@H](C)NC(=O)[C@@H](Cc1ccccc1)N(Cc1ccccc1)C(=O)CN(c1ccc(C(C)C)cc1)S(=O)(=O)c1ccccc1. The molecule has 0 fully saturated rings. The van der Waals surface area contributed by atoms with Gasteiger partial charge in [-0.3, -0.25) is 13.9 Å². The van der Waals surface area contributed by atoms with Crippen molar-refractivity contribution in [2.24, 2.45) is 0 Å². The zero-order chi connectivity index (χ0) is 32.4. The van der Waals surface area contributed by atoms with Gasteiger partial charge in [0.15, 0.2) is 0 Å². The van der Waals surface area contributed by atoms with E-state index in [0.717, 1.165) is 27.4 Å². The zero-order valence-corrected chi connectivity index (χ0v) is 27.3. The predicted molar refractivity (Wildman–Crippen MR) is 180 cm³/mol. The fourth-order valence-electron chi connectivity index (χ4n) is 5.05. The molecule has 2 amide bonds. The van der Waals surface area contributed by atoms with E-state index >= 15 is 0 Å². The van der Waals surface area contributed by atoms with E-state index in [9.17, 15) is 18.0 Å². The number of hydrogen-bond donors (Lipinski definition) is 1. The second kappa shape index (κ2) is 15.5. The maximum Gasteiger partial charge on any atom is 0.264 e. The van der Waals surface area contributed by atoms with Crippen LogP contribution in [0.1, 0.15) is 56.7 Å². The molecule has 4 aromatic carbocycles. The van der Waals surface area contributed by atoms with Crippen LogP contribution in [0.5, 0.6) is 0 Å². The van der Waals surface area contributed by atoms with Gasteiger partial charge in [-0.15, -0.1) is 0 Å². The number of nitrogens with zero attached hydrogens (tertiary/aromatic N) is 2. The third kappa shape index (κ3) is 8.82. The van der Waals surface area contributed by atoms with Crippen LogP contribution in [-0.2, 0) is 32.6 Å². The van der Waals surface area contributed by atoms with Crippen LogP contribution < -0.4 is 9.62 Å². The molecule has 0 spiro atoms. The molecule has 7 nitrogen and oxygen atoms in total. The standard InChI is InChI=1S/C37H43N3O4S/c1-5-29(4)38-37(42)35(25-30-15-9-6-10-16-30)39(26-31-17-11-7-12-18-31)36(41)27-40(33-23-21-32(22-24-33)28(2)3)45(43,44)34-19-13-8-14-20-34/h6-24,28-29,35H,5,25-27H2,1-4H3,(H,38,42)/t29-,35+/m0/s1. The number of anilines is 1. The predicted octanol–water partition coefficient (Wildman–Crippen LogP) is 6.56. The first-order valence-electron chi connectivity index (χ1n) is 15.5. The smallest absolute Gasteiger partial charge is 0.264 e. The molecule has 8 heteroatoms. The Hall–Kier alpha value is -4.43. The van der Waals surface area contributed by atoms with Crippen molar-refractivity contribution in [3.8, 4) is 0 Å². The molecule has 0 aromatic heterocycles. The summed E-state index contributed by atoms with van der Waals surface area (Å²) < 4.78 is 29.4. The summed E-state index contributed by atoms with van der Waals surface area (Å²) in [6, 6.07) is 33.4. The van der Waals surface area contributed by atoms with Crippen molar-refractivity contribution in [1.82, 2.24) is 10.2 Å². The van der Waals surface area contributed by atoms with Gasteiger partial charge in [-0.1, -0.05) is 112 Å². The summed E-state index contributed by atoms with van der Waals surface area (Å²) in [5.74, 6) is -0.508. The van der Waals surface area contributed by atoms with E-state index in [4.69, 9.17) is 0 Å². The van der Waals surface area contributed by atoms with Gasteiger partial charge in [-0.05, 0) is 60.2 Å². The number of sulfonamides is 1. The minimum absolute atomic E-state index is 0.0793. The van der Waals surface area contributed by atoms with Gasteiger partial charge < -0.3 is 10.2 Å². The van der Waals surface area contributed by atoms with E-state index < -0.39 is 28.5 Å². The minimum Gasteiger partial charge on any atom is -0.352 e. The number of hydrogen-bond acceptors (Lipinski definition) is 4. The van der Waals surface area contributed by atoms with Crippen LogP contribution in [0.2, 0.25) is 0 Å². The quantitative estimate of drug-likeness (QED) is 0.172. The molecule has 0 aliphatic heterocycles. The van der Waals surface area contributed by atoms with E-state index in [1.54, 1.807) is 30.3 Å². The summed E-state index contributed by atoms with van der Waals surface area (Å²) in [6.45, 7) is 7.70. The van der Waals surface area contributed by atoms with E-state index in [0.29, 0.717) is 5.69 Å². The Balaban J connectivity index is 1.79. The second-order valence-corrected chi connectivity index (χ2v) is 13.5. The number of nitrogens with one attached hydrogen (secondary N) is 1. The monoisotopic (exact) mass is 625 g/mol. The van der Waals surface area contributed by atoms with Gasteiger partial charge in [0.25, 0.3) is 10.0 Å². The molecule has 45 heavy (non-hydrogen) atoms. The van der Waals surface area contributed by atoms with Crippen LogP contribution in [0, 0.1) is 0 Å². The first-order chi connectivity index (χ1) is 21.6. The van der Waals surface area contributed by atoms with E-state index in [1.165, 1.54) is 17.0 Å². The topological polar surface area (TPSA) is 86.8 Å². The van der Waals surface area contributed by atoms with Crippen LogP contribution in [-0.4, -0.2) is 43.8 Å². The molecule has 236 valence electrons. The van der Waals surface area contributed by atoms with E-state index in [2.05, 4.69) is 19.2 Å². The molecule has 0 aliphatic rings. The fraction of sp³-hybridized carbons (Fsp3) is 0.297. The Kier molecular flexibility index (Phi) is 11.5. The molecular formula is C37H43N3O4S. The van der Waals surface area contributed by atoms with Crippen molar-refractivity contribution >= 4 is 27.5 Å². The van der Waals surface area contributed by atoms with Gasteiger partial charge in [0.2, 0.25) is 11.8 Å². The highest BCUT2D eigenvalue weighted by Gasteiger charge is 2.35. The number of amides is 2. The lowest BCUT2D eigenvalue weighted by Crippen LogP contribution is -2.54. The summed E-state index contributed by atoms with van der Waals surface area (Å²) in [7, 11) is -4.13. The first-order valence-corrected chi connectivity index (χ1v) is 16.9. The van der Waals surface area contributed by atoms with E-state index in [-0.39, 0.29) is 35.7 Å². The third-order valence-electron chi connectivity index (χ3n) is 7.93. The summed E-state index contributed by atoms with van der Waals surface area (Å²) in [5, 5.41) is 3.06. The summed E-state index contributed by atoms with van der Waals surface area (Å²) in [4.78, 5) is 30.0. The molecule has 2 atom stereocenters. The normalized spacial score (nSPS) is 12.7. The van der Waals surface area contributed by atoms with Crippen LogP contribution in [0.3, 0.4) is 0 Å². The average molecular weight is 626 g/mol. The van der Waals surface area contributed by atoms with Crippen molar-refractivity contribution < 1.29 is 18.0 Å². The molecule has 0 radical (unpaired) electrons. The van der Waals surface area contributed by atoms with Crippen molar-refractivity contribution in [2.45, 2.75) is 70.0 Å². The molecule has 0 bridgehead atoms. The number of carbonyl (C=O) groups is 2. The Morgan fingerprint density at radius 2 is 1.27 bits per heavy atom. The third-order valence-corrected chi connectivity index (χ3v) is 9.71. The molecule has 4 aromatic rings. The lowest BCUT2D eigenvalue weighted by atomic mass is 10.0. The molecule has 0 unspecified atom stereocenters. The minimum atomic E-state index is -4.13. The molecule has 1 N–H and O–H groups in total. The maximum atomic E-state index is 14.5. The molecule has 0 heterocycles. The Morgan fingerprint density at radius 1 is 0.733 bits per heavy atom. The highest BCUT2D eigenvalue weighted by atomic mass is 32.2. The molecule has 0 saturated heterocycles. The number of carbonyl (C=O) groups excluding carboxylic acids is 2. The highest BCUT2D eigenvalue weighted by Crippen LogP contribution is 2.27. The van der Waals surface area contributed by atoms with Gasteiger partial charge >= 0.3 is 0 Å². The summed E-state index contributed by atoms with van der Waals surface area (Å²) in [5.41, 5.74) is 3.15. The second-order valence-electron chi connectivity index (χ2n) is 11.6. The largest absolute Gasteiger partial charge is 0.352 e. The van der Waals surface area contributed by atoms with Crippen molar-refractivity contribution in [2.75, 3.05) is 10.8 Å². The van der Waals surface area contributed by atoms with Crippen LogP contribution in [0.4, 0.5) is 5.69 Å². The van der Waals surface area contributed by atoms with Crippen LogP contribution in [0.15, 0.2) is 120 Å². The molecule has 0 saturated carbocycles. The lowest BCUT2D eigenvalue weighted by molar-refractivity contribution is -0.140. The van der Waals surface area contributed by atoms with Gasteiger partial charge in [-0.2, -0.15) is 0 Å². The highest BCUT2D eigenvalue weighted by molar-refractivity contribution is 7.92. The molecule has 4 rings (SSSR count). The lowest BCUT2D eigenvalue weighted by Gasteiger charge is -2.34. The average Bonchev–Trinajstić information content (AvgIpc) is 3.06. The van der Waals surface area contributed by atoms with Crippen molar-refractivity contribution in [3.63, 3.8) is 0 Å². The van der Waals surface area contributed by atoms with Crippen LogP contribution in [0.25, 0.3) is 0 Å². The Bertz CT molecular complexity index is 1630. The van der Waals surface area contributed by atoms with Crippen molar-refractivity contribution in [1.29, 1.82) is 0 Å². The zero-order valence-electron chi connectivity index (χ0n) is 26.5.